The van der Waals surface area contributed by atoms with Gasteiger partial charge >= 0.3 is 0 Å². The van der Waals surface area contributed by atoms with Crippen molar-refractivity contribution < 1.29 is 0 Å². The monoisotopic (exact) mass is 501 g/mol. The van der Waals surface area contributed by atoms with Crippen LogP contribution in [0.1, 0.15) is 79.5 Å². The summed E-state index contributed by atoms with van der Waals surface area (Å²) < 4.78 is 0. The Morgan fingerprint density at radius 2 is 1.38 bits per heavy atom. The highest BCUT2D eigenvalue weighted by molar-refractivity contribution is 5.54. The van der Waals surface area contributed by atoms with Gasteiger partial charge in [-0.05, 0) is 46.6 Å². The van der Waals surface area contributed by atoms with Gasteiger partial charge in [0.25, 0.3) is 0 Å². The van der Waals surface area contributed by atoms with Crippen molar-refractivity contribution in [3.8, 4) is 11.4 Å². The molecule has 5 nitrogen and oxygen atoms in total. The zero-order chi connectivity index (χ0) is 24.8. The van der Waals surface area contributed by atoms with E-state index in [1.165, 1.54) is 23.1 Å². The Bertz CT molecular complexity index is 1090. The van der Waals surface area contributed by atoms with Crippen LogP contribution in [0.2, 0.25) is 0 Å². The van der Waals surface area contributed by atoms with Crippen LogP contribution < -0.4 is 0 Å². The van der Waals surface area contributed by atoms with E-state index in [4.69, 9.17) is 6.57 Å². The highest BCUT2D eigenvalue weighted by Crippen LogP contribution is 2.18. The molecule has 0 aliphatic heterocycles. The minimum atomic E-state index is 0. The van der Waals surface area contributed by atoms with E-state index in [1.54, 1.807) is 0 Å². The van der Waals surface area contributed by atoms with Crippen molar-refractivity contribution in [2.24, 2.45) is 5.92 Å². The molecule has 0 atom stereocenters. The van der Waals surface area contributed by atoms with Gasteiger partial charge in [0.2, 0.25) is 5.82 Å². The summed E-state index contributed by atoms with van der Waals surface area (Å²) >= 11 is 0. The molecule has 0 radical (unpaired) electrons. The number of aryl methyl sites for hydroxylation is 1. The molecule has 37 heavy (non-hydrogen) atoms. The van der Waals surface area contributed by atoms with Crippen LogP contribution in [0.3, 0.4) is 0 Å². The highest BCUT2D eigenvalue weighted by atomic mass is 15.5. The van der Waals surface area contributed by atoms with Crippen LogP contribution in [0.25, 0.3) is 16.2 Å². The first-order valence-electron chi connectivity index (χ1n) is 11.8. The number of rotatable bonds is 5. The maximum atomic E-state index is 6.75. The third-order valence-corrected chi connectivity index (χ3v) is 5.14. The summed E-state index contributed by atoms with van der Waals surface area (Å²) in [5, 5.41) is 13.7. The van der Waals surface area contributed by atoms with Crippen molar-refractivity contribution in [3.63, 3.8) is 0 Å². The molecule has 1 N–H and O–H groups in total. The van der Waals surface area contributed by atoms with Crippen LogP contribution in [0.15, 0.2) is 78.9 Å². The van der Waals surface area contributed by atoms with Gasteiger partial charge in [0.05, 0.1) is 6.57 Å². The van der Waals surface area contributed by atoms with Crippen LogP contribution in [-0.4, -0.2) is 20.6 Å². The Labute approximate surface area is 226 Å². The molecule has 0 unspecified atom stereocenters. The molecular formula is C32H47N5. The number of hydrogen-bond donors (Lipinski definition) is 1. The highest BCUT2D eigenvalue weighted by Gasteiger charge is 2.01. The van der Waals surface area contributed by atoms with Crippen molar-refractivity contribution in [2.75, 3.05) is 0 Å². The van der Waals surface area contributed by atoms with Gasteiger partial charge in [0.15, 0.2) is 5.69 Å². The van der Waals surface area contributed by atoms with Gasteiger partial charge in [-0.1, -0.05) is 136 Å². The molecule has 0 saturated heterocycles. The predicted octanol–water partition coefficient (Wildman–Crippen LogP) is 9.58. The third kappa shape index (κ3) is 13.2. The molecule has 3 aromatic carbocycles. The van der Waals surface area contributed by atoms with Gasteiger partial charge in [-0.25, -0.2) is 4.85 Å². The second kappa shape index (κ2) is 19.4. The second-order valence-electron chi connectivity index (χ2n) is 8.73. The lowest BCUT2D eigenvalue weighted by atomic mass is 10.0. The predicted molar refractivity (Wildman–Crippen MR) is 161 cm³/mol. The summed E-state index contributed by atoms with van der Waals surface area (Å²) in [5.74, 6) is 1.96. The minimum Gasteiger partial charge on any atom is -0.238 e. The van der Waals surface area contributed by atoms with E-state index in [-0.39, 0.29) is 22.3 Å². The minimum absolute atomic E-state index is 0. The van der Waals surface area contributed by atoms with Crippen molar-refractivity contribution in [3.05, 3.63) is 107 Å². The first kappa shape index (κ1) is 35.4. The van der Waals surface area contributed by atoms with E-state index in [0.717, 1.165) is 23.6 Å². The normalized spacial score (nSPS) is 9.24. The summed E-state index contributed by atoms with van der Waals surface area (Å²) in [7, 11) is 0. The third-order valence-electron chi connectivity index (χ3n) is 5.14. The summed E-state index contributed by atoms with van der Waals surface area (Å²) in [6.07, 6.45) is 2.24. The van der Waals surface area contributed by atoms with Crippen LogP contribution in [-0.2, 0) is 12.8 Å². The molecule has 0 aliphatic rings. The van der Waals surface area contributed by atoms with Crippen LogP contribution >= 0.6 is 0 Å². The topological polar surface area (TPSA) is 58.8 Å². The number of aromatic amines is 1. The zero-order valence-electron chi connectivity index (χ0n) is 20.9. The molecule has 0 fully saturated rings. The Morgan fingerprint density at radius 3 is 1.81 bits per heavy atom. The van der Waals surface area contributed by atoms with Gasteiger partial charge in [-0.3, -0.25) is 0 Å². The SMILES string of the molecule is C.C.C.CC(C)Cc1ccccc1.CCc1ccc(-c2nn[nH]n2)cc1.[C-]#[N+]c1ccc(C(C)C)cc1. The molecule has 0 saturated carbocycles. The summed E-state index contributed by atoms with van der Waals surface area (Å²) in [6, 6.07) is 26.5. The average Bonchev–Trinajstić information content (AvgIpc) is 3.40. The van der Waals surface area contributed by atoms with Crippen LogP contribution in [0.4, 0.5) is 5.69 Å². The number of H-pyrrole nitrogens is 1. The fourth-order valence-corrected chi connectivity index (χ4v) is 3.19. The van der Waals surface area contributed by atoms with Gasteiger partial charge in [-0.2, -0.15) is 5.21 Å². The number of tetrazole rings is 1. The zero-order valence-corrected chi connectivity index (χ0v) is 20.9. The number of aromatic nitrogens is 4. The molecule has 0 aliphatic carbocycles. The molecule has 5 heteroatoms. The molecule has 0 spiro atoms. The molecule has 1 aromatic heterocycles. The van der Waals surface area contributed by atoms with Crippen molar-refractivity contribution in [1.82, 2.24) is 20.6 Å². The summed E-state index contributed by atoms with van der Waals surface area (Å²) in [4.78, 5) is 3.32. The van der Waals surface area contributed by atoms with Crippen molar-refractivity contribution >= 4 is 5.69 Å². The number of benzene rings is 3. The number of nitrogens with zero attached hydrogens (tertiary/aromatic N) is 4. The summed E-state index contributed by atoms with van der Waals surface area (Å²) in [5.41, 5.74) is 5.75. The fraction of sp³-hybridized carbons (Fsp3) is 0.375. The lowest BCUT2D eigenvalue weighted by Gasteiger charge is -2.03. The molecule has 4 aromatic rings. The second-order valence-corrected chi connectivity index (χ2v) is 8.73. The van der Waals surface area contributed by atoms with Crippen molar-refractivity contribution in [1.29, 1.82) is 0 Å². The lowest BCUT2D eigenvalue weighted by Crippen LogP contribution is -1.92. The van der Waals surface area contributed by atoms with E-state index >= 15 is 0 Å². The Morgan fingerprint density at radius 1 is 0.784 bits per heavy atom. The maximum absolute atomic E-state index is 6.75. The maximum Gasteiger partial charge on any atom is 0.204 e. The average molecular weight is 502 g/mol. The molecule has 0 amide bonds. The molecule has 4 rings (SSSR count). The molecule has 0 bridgehead atoms. The Balaban J connectivity index is 0. The van der Waals surface area contributed by atoms with Gasteiger partial charge in [-0.15, -0.1) is 10.2 Å². The Hall–Kier alpha value is -3.78. The number of hydrogen-bond acceptors (Lipinski definition) is 3. The fourth-order valence-electron chi connectivity index (χ4n) is 3.19. The van der Waals surface area contributed by atoms with E-state index in [2.05, 4.69) is 103 Å². The van der Waals surface area contributed by atoms with Crippen LogP contribution in [0, 0.1) is 12.5 Å². The molecule has 1 heterocycles. The van der Waals surface area contributed by atoms with Gasteiger partial charge in [0.1, 0.15) is 0 Å². The van der Waals surface area contributed by atoms with Gasteiger partial charge in [0, 0.05) is 5.56 Å². The van der Waals surface area contributed by atoms with E-state index in [1.807, 2.05) is 36.4 Å². The smallest absolute Gasteiger partial charge is 0.204 e. The number of nitrogens with one attached hydrogen (secondary N) is 1. The van der Waals surface area contributed by atoms with Gasteiger partial charge < -0.3 is 0 Å². The largest absolute Gasteiger partial charge is 0.238 e. The van der Waals surface area contributed by atoms with E-state index < -0.39 is 0 Å². The standard InChI is InChI=1S/C10H11N.C10H14.C9H10N4.3CH4/c1-8(2)9-4-6-10(11-3)7-5-9;1-9(2)8-10-6-4-3-5-7-10;1-2-7-3-5-8(6-4-7)9-10-12-13-11-9;;;/h4-8H,1-2H3;3-7,9H,8H2,1-2H3;3-6H,2H2,1H3,(H,10,11,12,13);3*1H4. The van der Waals surface area contributed by atoms with Crippen LogP contribution in [0.5, 0.6) is 0 Å². The lowest BCUT2D eigenvalue weighted by molar-refractivity contribution is 0.647. The van der Waals surface area contributed by atoms with E-state index in [0.29, 0.717) is 11.7 Å². The molecule has 200 valence electrons. The summed E-state index contributed by atoms with van der Waals surface area (Å²) in [6.45, 7) is 17.7. The Kier molecular flexibility index (Phi) is 18.6. The first-order chi connectivity index (χ1) is 16.4. The van der Waals surface area contributed by atoms with E-state index in [9.17, 15) is 0 Å². The molecular weight excluding hydrogens is 454 g/mol. The quantitative estimate of drug-likeness (QED) is 0.277. The first-order valence-corrected chi connectivity index (χ1v) is 11.8. The van der Waals surface area contributed by atoms with Crippen molar-refractivity contribution in [2.45, 2.75) is 75.7 Å².